The SMILES string of the molecule is CN1CCCN(C(=O)c2ccncc2Cl)CC1=O. The number of halogens is 1. The van der Waals surface area contributed by atoms with E-state index < -0.39 is 0 Å². The van der Waals surface area contributed by atoms with Crippen molar-refractivity contribution in [2.75, 3.05) is 26.7 Å². The second-order valence-electron chi connectivity index (χ2n) is 4.25. The normalized spacial score (nSPS) is 16.7. The highest BCUT2D eigenvalue weighted by molar-refractivity contribution is 6.33. The fraction of sp³-hybridized carbons (Fsp3) is 0.417. The molecule has 6 heteroatoms. The summed E-state index contributed by atoms with van der Waals surface area (Å²) in [6, 6.07) is 1.57. The molecule has 1 aliphatic rings. The average Bonchev–Trinajstić information content (AvgIpc) is 2.52. The van der Waals surface area contributed by atoms with Crippen LogP contribution in [0.3, 0.4) is 0 Å². The summed E-state index contributed by atoms with van der Waals surface area (Å²) < 4.78 is 0. The predicted octanol–water partition coefficient (Wildman–Crippen LogP) is 1.04. The van der Waals surface area contributed by atoms with Gasteiger partial charge in [-0.05, 0) is 12.5 Å². The van der Waals surface area contributed by atoms with E-state index >= 15 is 0 Å². The molecule has 96 valence electrons. The quantitative estimate of drug-likeness (QED) is 0.764. The van der Waals surface area contributed by atoms with Crippen LogP contribution in [0.5, 0.6) is 0 Å². The number of nitrogens with zero attached hydrogens (tertiary/aromatic N) is 3. The lowest BCUT2D eigenvalue weighted by atomic mass is 10.2. The second-order valence-corrected chi connectivity index (χ2v) is 4.66. The van der Waals surface area contributed by atoms with E-state index in [-0.39, 0.29) is 18.4 Å². The minimum absolute atomic E-state index is 0.0500. The Bertz CT molecular complexity index is 478. The first-order chi connectivity index (χ1) is 8.59. The molecule has 1 aliphatic heterocycles. The number of amides is 2. The van der Waals surface area contributed by atoms with Gasteiger partial charge in [0.25, 0.3) is 5.91 Å². The van der Waals surface area contributed by atoms with Crippen LogP contribution in [0, 0.1) is 0 Å². The lowest BCUT2D eigenvalue weighted by molar-refractivity contribution is -0.129. The van der Waals surface area contributed by atoms with E-state index in [0.29, 0.717) is 23.7 Å². The molecule has 0 unspecified atom stereocenters. The fourth-order valence-corrected chi connectivity index (χ4v) is 2.08. The molecule has 0 aliphatic carbocycles. The van der Waals surface area contributed by atoms with Crippen molar-refractivity contribution in [1.29, 1.82) is 0 Å². The molecule has 2 amide bonds. The first-order valence-corrected chi connectivity index (χ1v) is 6.10. The monoisotopic (exact) mass is 267 g/mol. The highest BCUT2D eigenvalue weighted by Gasteiger charge is 2.24. The van der Waals surface area contributed by atoms with Crippen molar-refractivity contribution < 1.29 is 9.59 Å². The number of carbonyl (C=O) groups excluding carboxylic acids is 2. The standard InChI is InChI=1S/C12H14ClN3O2/c1-15-5-2-6-16(8-11(15)17)12(18)9-3-4-14-7-10(9)13/h3-4,7H,2,5-6,8H2,1H3. The van der Waals surface area contributed by atoms with E-state index in [1.165, 1.54) is 17.3 Å². The molecule has 0 spiro atoms. The zero-order valence-electron chi connectivity index (χ0n) is 10.1. The predicted molar refractivity (Wildman–Crippen MR) is 67.4 cm³/mol. The molecule has 1 fully saturated rings. The van der Waals surface area contributed by atoms with E-state index in [1.807, 2.05) is 0 Å². The molecule has 0 atom stereocenters. The maximum Gasteiger partial charge on any atom is 0.255 e. The number of aromatic nitrogens is 1. The largest absolute Gasteiger partial charge is 0.344 e. The Morgan fingerprint density at radius 1 is 1.44 bits per heavy atom. The van der Waals surface area contributed by atoms with Gasteiger partial charge in [0.15, 0.2) is 0 Å². The summed E-state index contributed by atoms with van der Waals surface area (Å²) in [6.45, 7) is 1.34. The summed E-state index contributed by atoms with van der Waals surface area (Å²) in [4.78, 5) is 31.0. The van der Waals surface area contributed by atoms with Gasteiger partial charge in [-0.1, -0.05) is 11.6 Å². The molecule has 0 radical (unpaired) electrons. The van der Waals surface area contributed by atoms with Gasteiger partial charge in [0, 0.05) is 32.5 Å². The highest BCUT2D eigenvalue weighted by Crippen LogP contribution is 2.17. The van der Waals surface area contributed by atoms with Gasteiger partial charge >= 0.3 is 0 Å². The first kappa shape index (κ1) is 12.8. The topological polar surface area (TPSA) is 53.5 Å². The number of hydrogen-bond acceptors (Lipinski definition) is 3. The van der Waals surface area contributed by atoms with Crippen LogP contribution >= 0.6 is 11.6 Å². The Morgan fingerprint density at radius 3 is 2.94 bits per heavy atom. The third-order valence-electron chi connectivity index (χ3n) is 2.96. The van der Waals surface area contributed by atoms with Crippen molar-refractivity contribution in [2.45, 2.75) is 6.42 Å². The molecule has 2 heterocycles. The number of carbonyl (C=O) groups is 2. The van der Waals surface area contributed by atoms with Crippen LogP contribution in [0.2, 0.25) is 5.02 Å². The van der Waals surface area contributed by atoms with Crippen LogP contribution in [0.1, 0.15) is 16.8 Å². The van der Waals surface area contributed by atoms with Crippen molar-refractivity contribution >= 4 is 23.4 Å². The van der Waals surface area contributed by atoms with Gasteiger partial charge in [0.2, 0.25) is 5.91 Å². The summed E-state index contributed by atoms with van der Waals surface area (Å²) in [6.07, 6.45) is 3.72. The smallest absolute Gasteiger partial charge is 0.255 e. The molecule has 1 saturated heterocycles. The van der Waals surface area contributed by atoms with Gasteiger partial charge in [-0.15, -0.1) is 0 Å². The molecular formula is C12H14ClN3O2. The Morgan fingerprint density at radius 2 is 2.22 bits per heavy atom. The fourth-order valence-electron chi connectivity index (χ4n) is 1.88. The van der Waals surface area contributed by atoms with Crippen molar-refractivity contribution in [1.82, 2.24) is 14.8 Å². The van der Waals surface area contributed by atoms with E-state index in [1.54, 1.807) is 18.0 Å². The molecule has 5 nitrogen and oxygen atoms in total. The van der Waals surface area contributed by atoms with Crippen molar-refractivity contribution in [2.24, 2.45) is 0 Å². The second kappa shape index (κ2) is 5.35. The molecule has 1 aromatic heterocycles. The zero-order valence-corrected chi connectivity index (χ0v) is 10.9. The molecular weight excluding hydrogens is 254 g/mol. The Hall–Kier alpha value is -1.62. The van der Waals surface area contributed by atoms with E-state index in [0.717, 1.165) is 6.42 Å². The number of hydrogen-bond donors (Lipinski definition) is 0. The van der Waals surface area contributed by atoms with Gasteiger partial charge < -0.3 is 9.80 Å². The lowest BCUT2D eigenvalue weighted by Crippen LogP contribution is -2.38. The highest BCUT2D eigenvalue weighted by atomic mass is 35.5. The third kappa shape index (κ3) is 2.61. The van der Waals surface area contributed by atoms with E-state index in [9.17, 15) is 9.59 Å². The number of likely N-dealkylation sites (N-methyl/N-ethyl adjacent to an activating group) is 1. The van der Waals surface area contributed by atoms with Crippen LogP contribution in [-0.2, 0) is 4.79 Å². The van der Waals surface area contributed by atoms with Gasteiger partial charge in [-0.25, -0.2) is 0 Å². The van der Waals surface area contributed by atoms with Crippen LogP contribution < -0.4 is 0 Å². The van der Waals surface area contributed by atoms with Crippen LogP contribution in [0.25, 0.3) is 0 Å². The molecule has 0 N–H and O–H groups in total. The summed E-state index contributed by atoms with van der Waals surface area (Å²) in [7, 11) is 1.75. The molecule has 1 aromatic rings. The average molecular weight is 268 g/mol. The zero-order chi connectivity index (χ0) is 13.1. The minimum Gasteiger partial charge on any atom is -0.344 e. The molecule has 0 saturated carbocycles. The van der Waals surface area contributed by atoms with Crippen molar-refractivity contribution in [3.8, 4) is 0 Å². The molecule has 0 bridgehead atoms. The Kier molecular flexibility index (Phi) is 3.81. The Labute approximate surface area is 110 Å². The maximum absolute atomic E-state index is 12.3. The van der Waals surface area contributed by atoms with Gasteiger partial charge in [0.1, 0.15) is 6.54 Å². The van der Waals surface area contributed by atoms with Crippen molar-refractivity contribution in [3.05, 3.63) is 29.0 Å². The van der Waals surface area contributed by atoms with E-state index in [4.69, 9.17) is 11.6 Å². The lowest BCUT2D eigenvalue weighted by Gasteiger charge is -2.20. The number of pyridine rings is 1. The van der Waals surface area contributed by atoms with Crippen LogP contribution in [0.4, 0.5) is 0 Å². The van der Waals surface area contributed by atoms with E-state index in [2.05, 4.69) is 4.98 Å². The summed E-state index contributed by atoms with van der Waals surface area (Å²) >= 11 is 5.94. The van der Waals surface area contributed by atoms with Gasteiger partial charge in [0.05, 0.1) is 10.6 Å². The minimum atomic E-state index is -0.217. The summed E-state index contributed by atoms with van der Waals surface area (Å²) in [5.41, 5.74) is 0.393. The molecule has 0 aromatic carbocycles. The van der Waals surface area contributed by atoms with Crippen molar-refractivity contribution in [3.63, 3.8) is 0 Å². The maximum atomic E-state index is 12.3. The van der Waals surface area contributed by atoms with Gasteiger partial charge in [-0.2, -0.15) is 0 Å². The summed E-state index contributed by atoms with van der Waals surface area (Å²) in [5.74, 6) is -0.267. The third-order valence-corrected chi connectivity index (χ3v) is 3.26. The first-order valence-electron chi connectivity index (χ1n) is 5.72. The summed E-state index contributed by atoms with van der Waals surface area (Å²) in [5, 5.41) is 0.313. The molecule has 2 rings (SSSR count). The Balaban J connectivity index is 2.19. The van der Waals surface area contributed by atoms with Crippen LogP contribution in [0.15, 0.2) is 18.5 Å². The molecule has 18 heavy (non-hydrogen) atoms. The van der Waals surface area contributed by atoms with Gasteiger partial charge in [-0.3, -0.25) is 14.6 Å². The number of rotatable bonds is 1. The van der Waals surface area contributed by atoms with Crippen LogP contribution in [-0.4, -0.2) is 53.3 Å².